The van der Waals surface area contributed by atoms with Gasteiger partial charge < -0.3 is 9.15 Å². The van der Waals surface area contributed by atoms with Gasteiger partial charge in [-0.2, -0.15) is 0 Å². The van der Waals surface area contributed by atoms with Crippen molar-refractivity contribution in [1.82, 2.24) is 0 Å². The summed E-state index contributed by atoms with van der Waals surface area (Å²) in [6.45, 7) is 13.7. The van der Waals surface area contributed by atoms with Crippen molar-refractivity contribution in [2.75, 3.05) is 4.90 Å². The van der Waals surface area contributed by atoms with Crippen molar-refractivity contribution >= 4 is 62.5 Å². The van der Waals surface area contributed by atoms with E-state index in [1.165, 1.54) is 16.6 Å². The zero-order chi connectivity index (χ0) is 28.0. The van der Waals surface area contributed by atoms with Crippen molar-refractivity contribution in [2.24, 2.45) is 10.8 Å². The third-order valence-corrected chi connectivity index (χ3v) is 8.05. The highest BCUT2D eigenvalue weighted by molar-refractivity contribution is 7.00. The van der Waals surface area contributed by atoms with E-state index >= 15 is 0 Å². The van der Waals surface area contributed by atoms with Gasteiger partial charge in [0, 0.05) is 16.2 Å². The summed E-state index contributed by atoms with van der Waals surface area (Å²) in [4.78, 5) is 15.3. The molecule has 0 saturated heterocycles. The number of furan rings is 1. The van der Waals surface area contributed by atoms with Crippen LogP contribution in [0.2, 0.25) is 0 Å². The van der Waals surface area contributed by atoms with E-state index in [0.717, 1.165) is 51.2 Å². The molecule has 3 heterocycles. The van der Waals surface area contributed by atoms with Crippen LogP contribution >= 0.6 is 0 Å². The summed E-state index contributed by atoms with van der Waals surface area (Å²) < 4.78 is 12.5. The average molecular weight is 527 g/mol. The maximum absolute atomic E-state index is 13.6. The highest BCUT2D eigenvalue weighted by Gasteiger charge is 2.46. The van der Waals surface area contributed by atoms with Crippen LogP contribution in [0.25, 0.3) is 21.7 Å². The number of anilines is 2. The molecule has 2 aliphatic rings. The summed E-state index contributed by atoms with van der Waals surface area (Å²) in [6, 6.07) is 25.3. The molecule has 1 aromatic heterocycles. The third-order valence-electron chi connectivity index (χ3n) is 8.05. The lowest BCUT2D eigenvalue weighted by molar-refractivity contribution is 0.209. The van der Waals surface area contributed by atoms with Crippen LogP contribution in [-0.4, -0.2) is 12.8 Å². The molecule has 7 rings (SSSR count). The molecule has 0 N–H and O–H groups in total. The Morgan fingerprint density at radius 1 is 0.750 bits per heavy atom. The fraction of sp³-hybridized carbons (Fsp3) is 0.286. The number of carbonyl (C=O) groups excluding carboxylic acids is 1. The van der Waals surface area contributed by atoms with Crippen molar-refractivity contribution in [1.29, 1.82) is 0 Å². The molecular weight excluding hydrogens is 493 g/mol. The lowest BCUT2D eigenvalue weighted by Crippen LogP contribution is -2.61. The molecule has 5 aromatic rings. The molecular formula is C35H34BNO3. The zero-order valence-corrected chi connectivity index (χ0v) is 24.1. The number of hydrogen-bond acceptors (Lipinski definition) is 3. The number of ether oxygens (including phenoxy) is 1. The minimum absolute atomic E-state index is 0.0934. The number of fused-ring (bicyclic) bond motifs is 4. The summed E-state index contributed by atoms with van der Waals surface area (Å²) in [5.41, 5.74) is 8.06. The van der Waals surface area contributed by atoms with Crippen LogP contribution in [-0.2, 0) is 12.8 Å². The van der Waals surface area contributed by atoms with Crippen molar-refractivity contribution in [3.05, 3.63) is 83.9 Å². The lowest BCUT2D eigenvalue weighted by atomic mass is 9.33. The number of rotatable bonds is 3. The molecule has 0 saturated carbocycles. The minimum atomic E-state index is -0.427. The summed E-state index contributed by atoms with van der Waals surface area (Å²) in [5, 5.41) is 3.04. The average Bonchev–Trinajstić information content (AvgIpc) is 3.25. The van der Waals surface area contributed by atoms with Gasteiger partial charge in [-0.05, 0) is 46.7 Å². The second kappa shape index (κ2) is 8.51. The van der Waals surface area contributed by atoms with E-state index in [1.54, 1.807) is 4.90 Å². The Kier molecular flexibility index (Phi) is 5.32. The standard InChI is InChI=1S/C35H34BNO3/c1-34(2,3)19-22-12-9-13-23(20-35(4,5)6)29(22)36-25-18-17-21-11-10-16-27-28(21)31(25)37(33(38)40-27)32-30(36)24-14-7-8-15-26(24)39-32/h7-18H,19-20H2,1-6H3. The monoisotopic (exact) mass is 527 g/mol. The molecule has 0 spiro atoms. The Labute approximate surface area is 236 Å². The Morgan fingerprint density at radius 3 is 2.12 bits per heavy atom. The van der Waals surface area contributed by atoms with Crippen LogP contribution < -0.4 is 26.0 Å². The molecule has 0 unspecified atom stereocenters. The van der Waals surface area contributed by atoms with Crippen molar-refractivity contribution in [3.8, 4) is 5.75 Å². The van der Waals surface area contributed by atoms with E-state index in [0.29, 0.717) is 11.6 Å². The van der Waals surface area contributed by atoms with Gasteiger partial charge in [0.15, 0.2) is 0 Å². The maximum Gasteiger partial charge on any atom is 0.426 e. The summed E-state index contributed by atoms with van der Waals surface area (Å²) in [6.07, 6.45) is 1.47. The second-order valence-corrected chi connectivity index (χ2v) is 13.8. The largest absolute Gasteiger partial charge is 0.440 e. The molecule has 4 aromatic carbocycles. The number of para-hydroxylation sites is 1. The van der Waals surface area contributed by atoms with Crippen LogP contribution in [0.15, 0.2) is 77.2 Å². The van der Waals surface area contributed by atoms with E-state index in [1.807, 2.05) is 24.3 Å². The maximum atomic E-state index is 13.6. The molecule has 200 valence electrons. The van der Waals surface area contributed by atoms with Crippen molar-refractivity contribution in [3.63, 3.8) is 0 Å². The van der Waals surface area contributed by atoms with Crippen molar-refractivity contribution < 1.29 is 13.9 Å². The van der Waals surface area contributed by atoms with Gasteiger partial charge >= 0.3 is 6.09 Å². The first kappa shape index (κ1) is 25.0. The van der Waals surface area contributed by atoms with Gasteiger partial charge in [-0.1, -0.05) is 119 Å². The smallest absolute Gasteiger partial charge is 0.426 e. The molecule has 0 radical (unpaired) electrons. The van der Waals surface area contributed by atoms with E-state index in [-0.39, 0.29) is 17.5 Å². The van der Waals surface area contributed by atoms with E-state index in [9.17, 15) is 4.79 Å². The molecule has 5 heteroatoms. The SMILES string of the molecule is CC(C)(C)Cc1cccc(CC(C)(C)C)c1B1c2ccc3cccc4c3c2N(C(=O)O4)c2oc3ccccc3c21. The third kappa shape index (κ3) is 3.86. The van der Waals surface area contributed by atoms with Gasteiger partial charge in [0.25, 0.3) is 6.71 Å². The fourth-order valence-electron chi connectivity index (χ4n) is 6.76. The van der Waals surface area contributed by atoms with E-state index in [2.05, 4.69) is 90.1 Å². The molecule has 40 heavy (non-hydrogen) atoms. The minimum Gasteiger partial charge on any atom is -0.440 e. The van der Waals surface area contributed by atoms with Crippen LogP contribution in [0, 0.1) is 10.8 Å². The first-order valence-electron chi connectivity index (χ1n) is 14.2. The van der Waals surface area contributed by atoms with Crippen LogP contribution in [0.3, 0.4) is 0 Å². The topological polar surface area (TPSA) is 42.7 Å². The Hall–Kier alpha value is -3.99. The van der Waals surface area contributed by atoms with Gasteiger partial charge in [0.1, 0.15) is 11.3 Å². The van der Waals surface area contributed by atoms with Gasteiger partial charge in [-0.15, -0.1) is 0 Å². The Balaban J connectivity index is 1.63. The van der Waals surface area contributed by atoms with E-state index in [4.69, 9.17) is 9.15 Å². The summed E-state index contributed by atoms with van der Waals surface area (Å²) in [5.74, 6) is 1.17. The van der Waals surface area contributed by atoms with Crippen LogP contribution in [0.5, 0.6) is 5.75 Å². The predicted octanol–water partition coefficient (Wildman–Crippen LogP) is 7.24. The molecule has 2 aliphatic heterocycles. The fourth-order valence-corrected chi connectivity index (χ4v) is 6.76. The summed E-state index contributed by atoms with van der Waals surface area (Å²) >= 11 is 0. The number of carbonyl (C=O) groups is 1. The lowest BCUT2D eigenvalue weighted by Gasteiger charge is -2.37. The number of hydrogen-bond donors (Lipinski definition) is 0. The molecule has 0 bridgehead atoms. The Bertz CT molecular complexity index is 1800. The highest BCUT2D eigenvalue weighted by atomic mass is 16.6. The Morgan fingerprint density at radius 2 is 1.43 bits per heavy atom. The zero-order valence-electron chi connectivity index (χ0n) is 24.1. The first-order chi connectivity index (χ1) is 19.0. The number of nitrogens with zero attached hydrogens (tertiary/aromatic N) is 1. The number of benzene rings is 4. The normalized spacial score (nSPS) is 14.6. The second-order valence-electron chi connectivity index (χ2n) is 13.8. The number of amides is 1. The van der Waals surface area contributed by atoms with E-state index < -0.39 is 6.09 Å². The van der Waals surface area contributed by atoms with Gasteiger partial charge in [-0.25, -0.2) is 9.69 Å². The first-order valence-corrected chi connectivity index (χ1v) is 14.2. The highest BCUT2D eigenvalue weighted by Crippen LogP contribution is 2.44. The molecule has 0 aliphatic carbocycles. The molecule has 1 amide bonds. The van der Waals surface area contributed by atoms with Gasteiger partial charge in [0.05, 0.1) is 5.69 Å². The molecule has 0 fully saturated rings. The van der Waals surface area contributed by atoms with Gasteiger partial charge in [-0.3, -0.25) is 0 Å². The van der Waals surface area contributed by atoms with Gasteiger partial charge in [0.2, 0.25) is 5.88 Å². The van der Waals surface area contributed by atoms with Crippen LogP contribution in [0.4, 0.5) is 16.4 Å². The predicted molar refractivity (Wildman–Crippen MR) is 166 cm³/mol. The molecule has 4 nitrogen and oxygen atoms in total. The summed E-state index contributed by atoms with van der Waals surface area (Å²) in [7, 11) is 0. The van der Waals surface area contributed by atoms with Crippen LogP contribution in [0.1, 0.15) is 52.7 Å². The molecule has 0 atom stereocenters. The van der Waals surface area contributed by atoms with Crippen molar-refractivity contribution in [2.45, 2.75) is 54.4 Å². The quantitative estimate of drug-likeness (QED) is 0.232.